The molecule has 0 heterocycles. The number of alkyl halides is 1. The monoisotopic (exact) mass is 478 g/mol. The van der Waals surface area contributed by atoms with Gasteiger partial charge in [-0.2, -0.15) is 0 Å². The lowest BCUT2D eigenvalue weighted by Gasteiger charge is -2.62. The molecule has 0 unspecified atom stereocenters. The first-order valence-electron chi connectivity index (χ1n) is 11.6. The molecule has 4 rings (SSSR count). The second kappa shape index (κ2) is 7.81. The number of ether oxygens (including phenoxy) is 2. The van der Waals surface area contributed by atoms with Gasteiger partial charge in [-0.15, -0.1) is 0 Å². The molecule has 0 aliphatic heterocycles. The molecule has 9 heteroatoms. The van der Waals surface area contributed by atoms with Gasteiger partial charge in [0.1, 0.15) is 5.60 Å². The van der Waals surface area contributed by atoms with Gasteiger partial charge in [0.2, 0.25) is 5.78 Å². The maximum Gasteiger partial charge on any atom is 0.312 e. The number of carbonyl (C=O) groups is 4. The number of aliphatic hydroxyl groups is 2. The molecule has 8 nitrogen and oxygen atoms in total. The maximum absolute atomic E-state index is 17.2. The summed E-state index contributed by atoms with van der Waals surface area (Å²) >= 11 is 0. The number of Topliss-reactive ketones (excluding diaryl/α,β-unsaturated/α-hetero) is 1. The highest BCUT2D eigenvalue weighted by Gasteiger charge is 2.77. The molecular formula is C25H31FO8. The van der Waals surface area contributed by atoms with Gasteiger partial charge in [0.05, 0.1) is 19.1 Å². The van der Waals surface area contributed by atoms with E-state index in [2.05, 4.69) is 0 Å². The average Bonchev–Trinajstić information content (AvgIpc) is 3.01. The Morgan fingerprint density at radius 3 is 2.53 bits per heavy atom. The molecule has 0 saturated heterocycles. The largest absolute Gasteiger partial charge is 0.469 e. The van der Waals surface area contributed by atoms with E-state index in [0.29, 0.717) is 12.0 Å². The van der Waals surface area contributed by atoms with Crippen LogP contribution in [0.5, 0.6) is 0 Å². The van der Waals surface area contributed by atoms with Crippen molar-refractivity contribution >= 4 is 23.5 Å². The average molecular weight is 479 g/mol. The predicted molar refractivity (Wildman–Crippen MR) is 116 cm³/mol. The van der Waals surface area contributed by atoms with Crippen LogP contribution in [-0.2, 0) is 28.7 Å². The zero-order valence-electron chi connectivity index (χ0n) is 19.8. The van der Waals surface area contributed by atoms with Crippen LogP contribution in [0.25, 0.3) is 0 Å². The summed E-state index contributed by atoms with van der Waals surface area (Å²) < 4.78 is 26.9. The summed E-state index contributed by atoms with van der Waals surface area (Å²) in [6.07, 6.45) is 3.00. The van der Waals surface area contributed by atoms with Crippen LogP contribution in [0.2, 0.25) is 0 Å². The first-order chi connectivity index (χ1) is 15.8. The van der Waals surface area contributed by atoms with Crippen molar-refractivity contribution in [2.24, 2.45) is 28.6 Å². The number of carbonyl (C=O) groups excluding carboxylic acids is 4. The quantitative estimate of drug-likeness (QED) is 0.584. The summed E-state index contributed by atoms with van der Waals surface area (Å²) in [7, 11) is 1.14. The minimum atomic E-state index is -2.32. The Morgan fingerprint density at radius 1 is 1.24 bits per heavy atom. The van der Waals surface area contributed by atoms with E-state index in [1.807, 2.05) is 0 Å². The van der Waals surface area contributed by atoms with E-state index in [1.165, 1.54) is 18.2 Å². The highest BCUT2D eigenvalue weighted by atomic mass is 19.1. The van der Waals surface area contributed by atoms with E-state index < -0.39 is 70.3 Å². The van der Waals surface area contributed by atoms with Gasteiger partial charge in [-0.1, -0.05) is 18.6 Å². The van der Waals surface area contributed by atoms with Crippen molar-refractivity contribution in [1.82, 2.24) is 0 Å². The van der Waals surface area contributed by atoms with Crippen molar-refractivity contribution in [3.8, 4) is 0 Å². The van der Waals surface area contributed by atoms with Crippen LogP contribution in [0.4, 0.5) is 4.39 Å². The second-order valence-electron chi connectivity index (χ2n) is 10.5. The van der Waals surface area contributed by atoms with Crippen LogP contribution in [0.3, 0.4) is 0 Å². The topological polar surface area (TPSA) is 127 Å². The third-order valence-corrected chi connectivity index (χ3v) is 9.21. The Bertz CT molecular complexity index is 1020. The summed E-state index contributed by atoms with van der Waals surface area (Å²) in [5.74, 6) is -5.42. The number of hydrogen-bond acceptors (Lipinski definition) is 8. The summed E-state index contributed by atoms with van der Waals surface area (Å²) in [4.78, 5) is 49.3. The highest BCUT2D eigenvalue weighted by Crippen LogP contribution is 2.70. The number of esters is 2. The second-order valence-corrected chi connectivity index (χ2v) is 10.5. The number of aliphatic hydroxyl groups excluding tert-OH is 1. The lowest BCUT2D eigenvalue weighted by molar-refractivity contribution is -0.221. The zero-order valence-corrected chi connectivity index (χ0v) is 19.8. The Kier molecular flexibility index (Phi) is 5.68. The zero-order chi connectivity index (χ0) is 25.3. The highest BCUT2D eigenvalue weighted by molar-refractivity contribution is 6.01. The Labute approximate surface area is 197 Å². The fourth-order valence-electron chi connectivity index (χ4n) is 7.45. The third-order valence-electron chi connectivity index (χ3n) is 9.21. The van der Waals surface area contributed by atoms with Gasteiger partial charge in [0, 0.05) is 23.7 Å². The van der Waals surface area contributed by atoms with Crippen LogP contribution in [0.15, 0.2) is 23.8 Å². The Hall–Kier alpha value is -2.39. The molecule has 2 N–H and O–H groups in total. The molecule has 8 atom stereocenters. The van der Waals surface area contributed by atoms with Crippen LogP contribution < -0.4 is 0 Å². The van der Waals surface area contributed by atoms with E-state index >= 15 is 4.39 Å². The Morgan fingerprint density at radius 2 is 1.91 bits per heavy atom. The fourth-order valence-corrected chi connectivity index (χ4v) is 7.45. The molecule has 4 aliphatic carbocycles. The standard InChI is InChI=1S/C25H31FO8/c1-13(27)34-12-20(30)25(32)18(21(31)33-4)10-17-16-6-5-14-9-15(28)7-8-22(14,2)24(16,26)19(29)11-23(17,25)3/h7-9,16-19,29,32H,5-6,10-12H2,1-4H3/t16-,17-,18-,19-,22-,23-,24-,25-/m0/s1. The third kappa shape index (κ3) is 2.95. The number of methoxy groups -OCH3 is 1. The number of allylic oxidation sites excluding steroid dienone is 4. The molecule has 4 aliphatic rings. The molecule has 0 aromatic rings. The van der Waals surface area contributed by atoms with Gasteiger partial charge in [0.25, 0.3) is 0 Å². The number of hydrogen-bond donors (Lipinski definition) is 2. The molecule has 0 radical (unpaired) electrons. The van der Waals surface area contributed by atoms with Crippen molar-refractivity contribution < 1.29 is 43.3 Å². The molecular weight excluding hydrogens is 447 g/mol. The van der Waals surface area contributed by atoms with Crippen LogP contribution in [0.1, 0.15) is 46.5 Å². The van der Waals surface area contributed by atoms with Crippen LogP contribution in [0, 0.1) is 28.6 Å². The van der Waals surface area contributed by atoms with Crippen molar-refractivity contribution in [1.29, 1.82) is 0 Å². The van der Waals surface area contributed by atoms with E-state index in [-0.39, 0.29) is 25.0 Å². The summed E-state index contributed by atoms with van der Waals surface area (Å²) in [5, 5.41) is 23.2. The summed E-state index contributed by atoms with van der Waals surface area (Å²) in [5.41, 5.74) is -6.52. The Balaban J connectivity index is 1.82. The molecule has 34 heavy (non-hydrogen) atoms. The van der Waals surface area contributed by atoms with E-state index in [9.17, 15) is 29.4 Å². The van der Waals surface area contributed by atoms with Crippen molar-refractivity contribution in [3.63, 3.8) is 0 Å². The van der Waals surface area contributed by atoms with Crippen LogP contribution in [-0.4, -0.2) is 64.8 Å². The first-order valence-corrected chi connectivity index (χ1v) is 11.6. The van der Waals surface area contributed by atoms with Crippen molar-refractivity contribution in [3.05, 3.63) is 23.8 Å². The van der Waals surface area contributed by atoms with Crippen LogP contribution >= 0.6 is 0 Å². The molecule has 0 spiro atoms. The number of halogens is 1. The van der Waals surface area contributed by atoms with E-state index in [4.69, 9.17) is 9.47 Å². The minimum absolute atomic E-state index is 0.0215. The van der Waals surface area contributed by atoms with Gasteiger partial charge < -0.3 is 19.7 Å². The van der Waals surface area contributed by atoms with Gasteiger partial charge in [0.15, 0.2) is 18.1 Å². The number of rotatable bonds is 4. The van der Waals surface area contributed by atoms with E-state index in [1.54, 1.807) is 13.8 Å². The number of fused-ring (bicyclic) bond motifs is 5. The molecule has 0 amide bonds. The van der Waals surface area contributed by atoms with Gasteiger partial charge in [-0.3, -0.25) is 19.2 Å². The molecule has 186 valence electrons. The normalized spacial score (nSPS) is 44.9. The molecule has 0 bridgehead atoms. The smallest absolute Gasteiger partial charge is 0.312 e. The van der Waals surface area contributed by atoms with Gasteiger partial charge in [-0.05, 0) is 50.7 Å². The first kappa shape index (κ1) is 24.7. The summed E-state index contributed by atoms with van der Waals surface area (Å²) in [6.45, 7) is 3.61. The lowest BCUT2D eigenvalue weighted by atomic mass is 9.44. The van der Waals surface area contributed by atoms with Gasteiger partial charge in [-0.25, -0.2) is 4.39 Å². The summed E-state index contributed by atoms with van der Waals surface area (Å²) in [6, 6.07) is 0. The molecule has 0 aromatic heterocycles. The maximum atomic E-state index is 17.2. The number of ketones is 2. The van der Waals surface area contributed by atoms with Crippen molar-refractivity contribution in [2.75, 3.05) is 13.7 Å². The SMILES string of the molecule is COC(=O)[C@@H]1C[C@H]2[C@@H]3CCC4=CC(=O)C=C[C@]4(C)[C@@]3(F)[C@@H](O)C[C@]2(C)[C@@]1(O)C(=O)COC(C)=O. The van der Waals surface area contributed by atoms with Gasteiger partial charge >= 0.3 is 11.9 Å². The molecule has 0 aromatic carbocycles. The molecule has 3 fully saturated rings. The predicted octanol–water partition coefficient (Wildman–Crippen LogP) is 1.62. The lowest BCUT2D eigenvalue weighted by Crippen LogP contribution is -2.69. The minimum Gasteiger partial charge on any atom is -0.469 e. The molecule has 3 saturated carbocycles. The van der Waals surface area contributed by atoms with E-state index in [0.717, 1.165) is 14.0 Å². The van der Waals surface area contributed by atoms with Crippen molar-refractivity contribution in [2.45, 2.75) is 63.8 Å². The fraction of sp³-hybridized carbons (Fsp3) is 0.680.